The molecule has 0 aromatic heterocycles. The molecule has 0 spiro atoms. The quantitative estimate of drug-likeness (QED) is 0.786. The number of hydrogen-bond donors (Lipinski definition) is 1. The largest absolute Gasteiger partial charge is 0.496 e. The van der Waals surface area contributed by atoms with Crippen molar-refractivity contribution in [1.29, 1.82) is 0 Å². The van der Waals surface area contributed by atoms with Crippen molar-refractivity contribution in [3.05, 3.63) is 41.5 Å². The smallest absolute Gasteiger partial charge is 0.246 e. The van der Waals surface area contributed by atoms with E-state index in [9.17, 15) is 9.59 Å². The number of amides is 2. The van der Waals surface area contributed by atoms with Crippen molar-refractivity contribution in [1.82, 2.24) is 9.80 Å². The lowest BCUT2D eigenvalue weighted by atomic mass is 10.0. The van der Waals surface area contributed by atoms with Crippen molar-refractivity contribution < 1.29 is 14.3 Å². The number of primary amides is 1. The second kappa shape index (κ2) is 9.22. The van der Waals surface area contributed by atoms with Crippen molar-refractivity contribution in [3.63, 3.8) is 0 Å². The van der Waals surface area contributed by atoms with Gasteiger partial charge in [0, 0.05) is 32.3 Å². The zero-order chi connectivity index (χ0) is 18.2. The van der Waals surface area contributed by atoms with E-state index in [4.69, 9.17) is 10.5 Å². The molecule has 1 fully saturated rings. The maximum atomic E-state index is 12.5. The maximum absolute atomic E-state index is 12.5. The lowest BCUT2D eigenvalue weighted by Crippen LogP contribution is -2.37. The summed E-state index contributed by atoms with van der Waals surface area (Å²) in [6, 6.07) is 7.83. The van der Waals surface area contributed by atoms with Gasteiger partial charge in [-0.2, -0.15) is 0 Å². The van der Waals surface area contributed by atoms with Gasteiger partial charge in [0.2, 0.25) is 11.8 Å². The summed E-state index contributed by atoms with van der Waals surface area (Å²) in [7, 11) is 1.65. The van der Waals surface area contributed by atoms with Gasteiger partial charge in [0.05, 0.1) is 13.7 Å². The summed E-state index contributed by atoms with van der Waals surface area (Å²) >= 11 is 0. The van der Waals surface area contributed by atoms with Crippen LogP contribution < -0.4 is 10.5 Å². The number of methoxy groups -OCH3 is 1. The normalized spacial score (nSPS) is 16.4. The molecule has 0 unspecified atom stereocenters. The van der Waals surface area contributed by atoms with Crippen LogP contribution in [0.4, 0.5) is 0 Å². The summed E-state index contributed by atoms with van der Waals surface area (Å²) in [4.78, 5) is 27.4. The third-order valence-electron chi connectivity index (χ3n) is 4.31. The Labute approximate surface area is 149 Å². The summed E-state index contributed by atoms with van der Waals surface area (Å²) in [5.74, 6) is 0.528. The number of ether oxygens (including phenoxy) is 1. The molecule has 2 N–H and O–H groups in total. The van der Waals surface area contributed by atoms with Crippen LogP contribution in [0.5, 0.6) is 5.75 Å². The molecule has 25 heavy (non-hydrogen) atoms. The number of allylic oxidation sites excluding steroid dienone is 1. The van der Waals surface area contributed by atoms with Crippen molar-refractivity contribution in [2.24, 2.45) is 5.73 Å². The van der Waals surface area contributed by atoms with Gasteiger partial charge < -0.3 is 15.4 Å². The van der Waals surface area contributed by atoms with Crippen molar-refractivity contribution in [2.45, 2.75) is 19.8 Å². The van der Waals surface area contributed by atoms with Gasteiger partial charge in [-0.25, -0.2) is 0 Å². The SMILES string of the molecule is COc1ccccc1C/C(C)=C\C(=O)N1CCCN(CC(N)=O)CC1. The molecule has 1 aliphatic heterocycles. The fraction of sp³-hybridized carbons (Fsp3) is 0.474. The Balaban J connectivity index is 1.95. The van der Waals surface area contributed by atoms with Gasteiger partial charge in [-0.3, -0.25) is 14.5 Å². The minimum Gasteiger partial charge on any atom is -0.496 e. The second-order valence-corrected chi connectivity index (χ2v) is 6.40. The van der Waals surface area contributed by atoms with Gasteiger partial charge in [-0.05, 0) is 31.4 Å². The molecule has 6 nitrogen and oxygen atoms in total. The number of para-hydroxylation sites is 1. The fourth-order valence-electron chi connectivity index (χ4n) is 3.07. The molecule has 0 radical (unpaired) electrons. The lowest BCUT2D eigenvalue weighted by molar-refractivity contribution is -0.125. The summed E-state index contributed by atoms with van der Waals surface area (Å²) in [6.45, 7) is 4.99. The number of benzene rings is 1. The van der Waals surface area contributed by atoms with E-state index in [0.717, 1.165) is 29.9 Å². The molecule has 6 heteroatoms. The molecule has 0 aliphatic carbocycles. The van der Waals surface area contributed by atoms with Crippen LogP contribution in [0.2, 0.25) is 0 Å². The molecule has 2 rings (SSSR count). The molecule has 0 bridgehead atoms. The van der Waals surface area contributed by atoms with Crippen molar-refractivity contribution in [3.8, 4) is 5.75 Å². The van der Waals surface area contributed by atoms with E-state index in [1.54, 1.807) is 13.2 Å². The highest BCUT2D eigenvalue weighted by molar-refractivity contribution is 5.88. The van der Waals surface area contributed by atoms with E-state index < -0.39 is 0 Å². The van der Waals surface area contributed by atoms with Crippen molar-refractivity contribution in [2.75, 3.05) is 39.8 Å². The minimum absolute atomic E-state index is 0.0216. The van der Waals surface area contributed by atoms with Crippen LogP contribution in [-0.4, -0.2) is 61.4 Å². The van der Waals surface area contributed by atoms with Gasteiger partial charge in [0.1, 0.15) is 5.75 Å². The topological polar surface area (TPSA) is 75.9 Å². The molecule has 1 aromatic rings. The summed E-state index contributed by atoms with van der Waals surface area (Å²) in [6.07, 6.45) is 3.23. The predicted octanol–water partition coefficient (Wildman–Crippen LogP) is 1.20. The first-order chi connectivity index (χ1) is 12.0. The molecule has 136 valence electrons. The lowest BCUT2D eigenvalue weighted by Gasteiger charge is -2.20. The van der Waals surface area contributed by atoms with Crippen LogP contribution in [0.25, 0.3) is 0 Å². The number of carbonyl (C=O) groups excluding carboxylic acids is 2. The number of hydrogen-bond acceptors (Lipinski definition) is 4. The number of nitrogens with two attached hydrogens (primary N) is 1. The maximum Gasteiger partial charge on any atom is 0.246 e. The molecule has 1 saturated heterocycles. The van der Waals surface area contributed by atoms with Crippen LogP contribution in [0.3, 0.4) is 0 Å². The van der Waals surface area contributed by atoms with E-state index in [0.29, 0.717) is 26.1 Å². The summed E-state index contributed by atoms with van der Waals surface area (Å²) in [5, 5.41) is 0. The van der Waals surface area contributed by atoms with E-state index in [1.165, 1.54) is 0 Å². The fourth-order valence-corrected chi connectivity index (χ4v) is 3.07. The zero-order valence-corrected chi connectivity index (χ0v) is 15.0. The average Bonchev–Trinajstić information content (AvgIpc) is 2.80. The molecular formula is C19H27N3O3. The van der Waals surface area contributed by atoms with E-state index in [1.807, 2.05) is 41.0 Å². The molecule has 1 aromatic carbocycles. The van der Waals surface area contributed by atoms with Crippen LogP contribution in [0.15, 0.2) is 35.9 Å². The van der Waals surface area contributed by atoms with Crippen molar-refractivity contribution >= 4 is 11.8 Å². The van der Waals surface area contributed by atoms with Crippen LogP contribution >= 0.6 is 0 Å². The Hall–Kier alpha value is -2.34. The first-order valence-corrected chi connectivity index (χ1v) is 8.58. The van der Waals surface area contributed by atoms with Gasteiger partial charge in [-0.1, -0.05) is 23.8 Å². The molecule has 1 heterocycles. The standard InChI is InChI=1S/C19H27N3O3/c1-15(12-16-6-3-4-7-17(16)25-2)13-19(24)22-9-5-8-21(10-11-22)14-18(20)23/h3-4,6-7,13H,5,8-12,14H2,1-2H3,(H2,20,23)/b15-13-. The van der Waals surface area contributed by atoms with E-state index in [2.05, 4.69) is 0 Å². The Morgan fingerprint density at radius 2 is 1.96 bits per heavy atom. The van der Waals surface area contributed by atoms with Crippen LogP contribution in [0.1, 0.15) is 18.9 Å². The van der Waals surface area contributed by atoms with E-state index in [-0.39, 0.29) is 18.4 Å². The Bertz CT molecular complexity index is 643. The highest BCUT2D eigenvalue weighted by Crippen LogP contribution is 2.20. The number of nitrogens with zero attached hydrogens (tertiary/aromatic N) is 2. The first kappa shape index (κ1) is 19.0. The van der Waals surface area contributed by atoms with Gasteiger partial charge >= 0.3 is 0 Å². The van der Waals surface area contributed by atoms with E-state index >= 15 is 0 Å². The first-order valence-electron chi connectivity index (χ1n) is 8.58. The highest BCUT2D eigenvalue weighted by Gasteiger charge is 2.18. The minimum atomic E-state index is -0.327. The summed E-state index contributed by atoms with van der Waals surface area (Å²) in [5.41, 5.74) is 7.31. The molecule has 2 amide bonds. The zero-order valence-electron chi connectivity index (χ0n) is 15.0. The predicted molar refractivity (Wildman–Crippen MR) is 97.3 cm³/mol. The molecule has 1 aliphatic rings. The Morgan fingerprint density at radius 3 is 2.68 bits per heavy atom. The van der Waals surface area contributed by atoms with Gasteiger partial charge in [-0.15, -0.1) is 0 Å². The number of rotatable bonds is 6. The third-order valence-corrected chi connectivity index (χ3v) is 4.31. The van der Waals surface area contributed by atoms with Gasteiger partial charge in [0.25, 0.3) is 0 Å². The monoisotopic (exact) mass is 345 g/mol. The highest BCUT2D eigenvalue weighted by atomic mass is 16.5. The molecule has 0 atom stereocenters. The summed E-state index contributed by atoms with van der Waals surface area (Å²) < 4.78 is 5.36. The Kier molecular flexibility index (Phi) is 7.01. The van der Waals surface area contributed by atoms with Gasteiger partial charge in [0.15, 0.2) is 0 Å². The molecular weight excluding hydrogens is 318 g/mol. The molecule has 0 saturated carbocycles. The number of carbonyl (C=O) groups is 2. The average molecular weight is 345 g/mol. The Morgan fingerprint density at radius 1 is 1.20 bits per heavy atom. The van der Waals surface area contributed by atoms with Crippen LogP contribution in [0, 0.1) is 0 Å². The van der Waals surface area contributed by atoms with Crippen LogP contribution in [-0.2, 0) is 16.0 Å². The second-order valence-electron chi connectivity index (χ2n) is 6.40. The third kappa shape index (κ3) is 5.90.